The average molecular weight is 347 g/mol. The Morgan fingerprint density at radius 1 is 1.17 bits per heavy atom. The molecule has 2 aliphatic heterocycles. The molecule has 2 heterocycles. The first kappa shape index (κ1) is 17.0. The van der Waals surface area contributed by atoms with Gasteiger partial charge < -0.3 is 10.2 Å². The van der Waals surface area contributed by atoms with Crippen LogP contribution in [-0.2, 0) is 9.59 Å². The second-order valence-electron chi connectivity index (χ2n) is 6.92. The first-order valence-corrected chi connectivity index (χ1v) is 8.20. The number of nitrogens with one attached hydrogen (secondary N) is 2. The fourth-order valence-electron chi connectivity index (χ4n) is 3.96. The van der Waals surface area contributed by atoms with Crippen LogP contribution in [0.15, 0.2) is 0 Å². The molecular formula is C15H20F3N3O3. The second kappa shape index (κ2) is 5.93. The van der Waals surface area contributed by atoms with Gasteiger partial charge in [0.1, 0.15) is 5.54 Å². The van der Waals surface area contributed by atoms with Crippen molar-refractivity contribution in [2.45, 2.75) is 50.2 Å². The van der Waals surface area contributed by atoms with Crippen molar-refractivity contribution in [2.75, 3.05) is 13.1 Å². The van der Waals surface area contributed by atoms with Crippen molar-refractivity contribution in [1.29, 1.82) is 0 Å². The molecule has 134 valence electrons. The van der Waals surface area contributed by atoms with Gasteiger partial charge in [-0.05, 0) is 32.1 Å². The van der Waals surface area contributed by atoms with E-state index < -0.39 is 35.5 Å². The summed E-state index contributed by atoms with van der Waals surface area (Å²) in [6, 6.07) is -0.542. The van der Waals surface area contributed by atoms with E-state index in [2.05, 4.69) is 10.6 Å². The SMILES string of the molecule is O=C1NC(=O)C2(CCN(C(=O)[C@H]3CCC[C@H](C(F)(F)F)C3)CC2)N1. The van der Waals surface area contributed by atoms with E-state index in [4.69, 9.17) is 0 Å². The molecule has 0 radical (unpaired) electrons. The highest BCUT2D eigenvalue weighted by atomic mass is 19.4. The minimum Gasteiger partial charge on any atom is -0.342 e. The molecule has 1 saturated carbocycles. The Labute approximate surface area is 137 Å². The first-order chi connectivity index (χ1) is 11.2. The summed E-state index contributed by atoms with van der Waals surface area (Å²) in [5, 5.41) is 4.79. The van der Waals surface area contributed by atoms with Crippen LogP contribution in [0.1, 0.15) is 38.5 Å². The van der Waals surface area contributed by atoms with Gasteiger partial charge in [0.25, 0.3) is 5.91 Å². The van der Waals surface area contributed by atoms with Crippen LogP contribution in [-0.4, -0.2) is 47.6 Å². The van der Waals surface area contributed by atoms with E-state index in [0.717, 1.165) is 0 Å². The number of urea groups is 1. The molecule has 0 aromatic rings. The molecule has 1 aliphatic carbocycles. The van der Waals surface area contributed by atoms with Crippen LogP contribution in [0.2, 0.25) is 0 Å². The highest BCUT2D eigenvalue weighted by Gasteiger charge is 2.49. The van der Waals surface area contributed by atoms with Crippen LogP contribution in [0.25, 0.3) is 0 Å². The van der Waals surface area contributed by atoms with Gasteiger partial charge in [-0.1, -0.05) is 6.42 Å². The first-order valence-electron chi connectivity index (χ1n) is 8.20. The van der Waals surface area contributed by atoms with Gasteiger partial charge in [-0.2, -0.15) is 13.2 Å². The zero-order valence-corrected chi connectivity index (χ0v) is 13.1. The van der Waals surface area contributed by atoms with Crippen LogP contribution in [0.3, 0.4) is 0 Å². The number of likely N-dealkylation sites (tertiary alicyclic amines) is 1. The maximum Gasteiger partial charge on any atom is 0.391 e. The van der Waals surface area contributed by atoms with E-state index in [1.54, 1.807) is 0 Å². The maximum absolute atomic E-state index is 12.9. The highest BCUT2D eigenvalue weighted by molar-refractivity contribution is 6.07. The molecule has 6 nitrogen and oxygen atoms in total. The number of rotatable bonds is 1. The Bertz CT molecular complexity index is 556. The van der Waals surface area contributed by atoms with Crippen molar-refractivity contribution in [3.05, 3.63) is 0 Å². The molecule has 4 amide bonds. The Hall–Kier alpha value is -1.80. The lowest BCUT2D eigenvalue weighted by Gasteiger charge is -2.39. The number of hydrogen-bond donors (Lipinski definition) is 2. The van der Waals surface area contributed by atoms with Crippen molar-refractivity contribution in [1.82, 2.24) is 15.5 Å². The lowest BCUT2D eigenvalue weighted by atomic mass is 9.79. The van der Waals surface area contributed by atoms with Crippen LogP contribution in [0.5, 0.6) is 0 Å². The van der Waals surface area contributed by atoms with Gasteiger partial charge in [-0.15, -0.1) is 0 Å². The molecular weight excluding hydrogens is 327 g/mol. The minimum absolute atomic E-state index is 0.0859. The summed E-state index contributed by atoms with van der Waals surface area (Å²) in [5.41, 5.74) is -0.977. The smallest absolute Gasteiger partial charge is 0.342 e. The van der Waals surface area contributed by atoms with E-state index in [-0.39, 0.29) is 44.7 Å². The summed E-state index contributed by atoms with van der Waals surface area (Å²) in [7, 11) is 0. The Morgan fingerprint density at radius 3 is 2.38 bits per heavy atom. The third kappa shape index (κ3) is 3.08. The van der Waals surface area contributed by atoms with Crippen LogP contribution in [0.4, 0.5) is 18.0 Å². The summed E-state index contributed by atoms with van der Waals surface area (Å²) < 4.78 is 38.7. The number of nitrogens with zero attached hydrogens (tertiary/aromatic N) is 1. The molecule has 0 aromatic carbocycles. The quantitative estimate of drug-likeness (QED) is 0.707. The molecule has 2 atom stereocenters. The summed E-state index contributed by atoms with van der Waals surface area (Å²) in [6.07, 6.45) is -2.88. The van der Waals surface area contributed by atoms with Gasteiger partial charge in [0.2, 0.25) is 5.91 Å². The van der Waals surface area contributed by atoms with E-state index in [1.165, 1.54) is 4.90 Å². The summed E-state index contributed by atoms with van der Waals surface area (Å²) >= 11 is 0. The van der Waals surface area contributed by atoms with Crippen molar-refractivity contribution in [3.63, 3.8) is 0 Å². The molecule has 0 unspecified atom stereocenters. The zero-order chi connectivity index (χ0) is 17.5. The van der Waals surface area contributed by atoms with Crippen LogP contribution < -0.4 is 10.6 Å². The van der Waals surface area contributed by atoms with Crippen molar-refractivity contribution in [3.8, 4) is 0 Å². The third-order valence-electron chi connectivity index (χ3n) is 5.43. The predicted octanol–water partition coefficient (Wildman–Crippen LogP) is 1.56. The summed E-state index contributed by atoms with van der Waals surface area (Å²) in [5.74, 6) is -2.67. The molecule has 9 heteroatoms. The lowest BCUT2D eigenvalue weighted by Crippen LogP contribution is -2.56. The fraction of sp³-hybridized carbons (Fsp3) is 0.800. The monoisotopic (exact) mass is 347 g/mol. The zero-order valence-electron chi connectivity index (χ0n) is 13.1. The molecule has 1 spiro atoms. The maximum atomic E-state index is 12.9. The Kier molecular flexibility index (Phi) is 4.21. The molecule has 24 heavy (non-hydrogen) atoms. The fourth-order valence-corrected chi connectivity index (χ4v) is 3.96. The Morgan fingerprint density at radius 2 is 1.83 bits per heavy atom. The summed E-state index contributed by atoms with van der Waals surface area (Å²) in [4.78, 5) is 37.2. The number of carbonyl (C=O) groups excluding carboxylic acids is 3. The number of carbonyl (C=O) groups is 3. The molecule has 0 aromatic heterocycles. The number of halogens is 3. The normalized spacial score (nSPS) is 30.2. The van der Waals surface area contributed by atoms with E-state index in [0.29, 0.717) is 12.8 Å². The minimum atomic E-state index is -4.25. The van der Waals surface area contributed by atoms with Crippen molar-refractivity contribution < 1.29 is 27.6 Å². The van der Waals surface area contributed by atoms with E-state index in [9.17, 15) is 27.6 Å². The van der Waals surface area contributed by atoms with Gasteiger partial charge in [0.05, 0.1) is 5.92 Å². The molecule has 2 saturated heterocycles. The van der Waals surface area contributed by atoms with E-state index in [1.807, 2.05) is 0 Å². The molecule has 3 fully saturated rings. The number of alkyl halides is 3. The Balaban J connectivity index is 1.59. The van der Waals surface area contributed by atoms with Crippen molar-refractivity contribution >= 4 is 17.8 Å². The molecule has 0 bridgehead atoms. The van der Waals surface area contributed by atoms with Gasteiger partial charge in [-0.25, -0.2) is 4.79 Å². The van der Waals surface area contributed by atoms with Gasteiger partial charge in [-0.3, -0.25) is 14.9 Å². The van der Waals surface area contributed by atoms with E-state index >= 15 is 0 Å². The van der Waals surface area contributed by atoms with Gasteiger partial charge in [0.15, 0.2) is 0 Å². The molecule has 3 rings (SSSR count). The topological polar surface area (TPSA) is 78.5 Å². The third-order valence-corrected chi connectivity index (χ3v) is 5.43. The number of hydrogen-bond acceptors (Lipinski definition) is 3. The molecule has 2 N–H and O–H groups in total. The predicted molar refractivity (Wildman–Crippen MR) is 76.7 cm³/mol. The number of imide groups is 1. The highest BCUT2D eigenvalue weighted by Crippen LogP contribution is 2.40. The van der Waals surface area contributed by atoms with Crippen LogP contribution in [0, 0.1) is 11.8 Å². The van der Waals surface area contributed by atoms with Crippen molar-refractivity contribution in [2.24, 2.45) is 11.8 Å². The summed E-state index contributed by atoms with van der Waals surface area (Å²) in [6.45, 7) is 0.527. The average Bonchev–Trinajstić information content (AvgIpc) is 2.80. The lowest BCUT2D eigenvalue weighted by molar-refractivity contribution is -0.187. The second-order valence-corrected chi connectivity index (χ2v) is 6.92. The van der Waals surface area contributed by atoms with Gasteiger partial charge in [0, 0.05) is 19.0 Å². The van der Waals surface area contributed by atoms with Crippen LogP contribution >= 0.6 is 0 Å². The standard InChI is InChI=1S/C15H20F3N3O3/c16-15(17,18)10-3-1-2-9(8-10)11(22)21-6-4-14(5-7-21)12(23)19-13(24)20-14/h9-10H,1-8H2,(H2,19,20,23,24)/t9-,10-/m0/s1. The number of piperidine rings is 1. The molecule has 3 aliphatic rings. The number of amides is 4. The van der Waals surface area contributed by atoms with Gasteiger partial charge >= 0.3 is 12.2 Å². The largest absolute Gasteiger partial charge is 0.391 e.